The molecule has 8 nitrogen and oxygen atoms in total. The Morgan fingerprint density at radius 2 is 1.56 bits per heavy atom. The Hall–Kier alpha value is -3.02. The van der Waals surface area contributed by atoms with E-state index in [2.05, 4.69) is 32.6 Å². The molecule has 0 N–H and O–H groups in total. The van der Waals surface area contributed by atoms with E-state index in [0.717, 1.165) is 3.57 Å². The Labute approximate surface area is 225 Å². The number of halogens is 2. The van der Waals surface area contributed by atoms with Crippen LogP contribution in [0.2, 0.25) is 5.15 Å². The molecule has 1 unspecified atom stereocenters. The summed E-state index contributed by atoms with van der Waals surface area (Å²) in [6.45, 7) is 1.92. The van der Waals surface area contributed by atoms with Gasteiger partial charge in [-0.15, -0.1) is 0 Å². The van der Waals surface area contributed by atoms with Gasteiger partial charge in [0, 0.05) is 9.77 Å². The number of esters is 2. The van der Waals surface area contributed by atoms with Crippen molar-refractivity contribution in [2.75, 3.05) is 0 Å². The van der Waals surface area contributed by atoms with Crippen LogP contribution in [0.5, 0.6) is 0 Å². The van der Waals surface area contributed by atoms with Crippen LogP contribution < -0.4 is 0 Å². The fourth-order valence-corrected chi connectivity index (χ4v) is 5.44. The van der Waals surface area contributed by atoms with E-state index < -0.39 is 36.5 Å². The van der Waals surface area contributed by atoms with Crippen LogP contribution >= 0.6 is 34.2 Å². The summed E-state index contributed by atoms with van der Waals surface area (Å²) < 4.78 is 20.8. The molecular formula is C26H21ClIN3O5. The van der Waals surface area contributed by atoms with E-state index in [-0.39, 0.29) is 0 Å². The summed E-state index contributed by atoms with van der Waals surface area (Å²) in [5.74, 6) is -1.08. The summed E-state index contributed by atoms with van der Waals surface area (Å²) in [6.07, 6.45) is 0.560. The molecule has 2 aromatic carbocycles. The maximum atomic E-state index is 13.1. The SMILES string of the molecule is CC[C@H]1O[C@@H](n2cc(I)c3c(Cl)ncnc32)C(OC(=O)c2ccccc2)[C@H]1OC(=O)c1ccccc1. The van der Waals surface area contributed by atoms with Gasteiger partial charge in [-0.1, -0.05) is 54.9 Å². The molecule has 10 heteroatoms. The van der Waals surface area contributed by atoms with Gasteiger partial charge in [0.25, 0.3) is 0 Å². The first-order valence-corrected chi connectivity index (χ1v) is 12.8. The molecular weight excluding hydrogens is 597 g/mol. The maximum Gasteiger partial charge on any atom is 0.338 e. The van der Waals surface area contributed by atoms with Gasteiger partial charge >= 0.3 is 11.9 Å². The molecule has 1 aliphatic heterocycles. The number of ether oxygens (including phenoxy) is 3. The van der Waals surface area contributed by atoms with Crippen molar-refractivity contribution in [2.45, 2.75) is 37.9 Å². The first-order valence-electron chi connectivity index (χ1n) is 11.3. The van der Waals surface area contributed by atoms with Crippen LogP contribution in [0.25, 0.3) is 11.0 Å². The lowest BCUT2D eigenvalue weighted by molar-refractivity contribution is -0.0487. The van der Waals surface area contributed by atoms with Crippen LogP contribution in [0.1, 0.15) is 40.3 Å². The molecule has 3 heterocycles. The summed E-state index contributed by atoms with van der Waals surface area (Å²) in [6, 6.07) is 17.3. The minimum absolute atomic E-state index is 0.304. The lowest BCUT2D eigenvalue weighted by Gasteiger charge is -2.25. The summed E-state index contributed by atoms with van der Waals surface area (Å²) in [7, 11) is 0. The minimum Gasteiger partial charge on any atom is -0.452 e. The third-order valence-electron chi connectivity index (χ3n) is 5.98. The van der Waals surface area contributed by atoms with Gasteiger partial charge in [0.05, 0.1) is 16.5 Å². The summed E-state index contributed by atoms with van der Waals surface area (Å²) in [4.78, 5) is 34.6. The number of hydrogen-bond donors (Lipinski definition) is 0. The second-order valence-corrected chi connectivity index (χ2v) is 9.71. The fourth-order valence-electron chi connectivity index (χ4n) is 4.26. The molecule has 0 radical (unpaired) electrons. The largest absolute Gasteiger partial charge is 0.452 e. The molecule has 0 bridgehead atoms. The Bertz CT molecular complexity index is 1400. The van der Waals surface area contributed by atoms with Crippen molar-refractivity contribution in [3.05, 3.63) is 93.0 Å². The van der Waals surface area contributed by atoms with Crippen LogP contribution in [0, 0.1) is 3.57 Å². The van der Waals surface area contributed by atoms with Crippen molar-refractivity contribution >= 4 is 57.2 Å². The molecule has 36 heavy (non-hydrogen) atoms. The lowest BCUT2D eigenvalue weighted by Crippen LogP contribution is -2.39. The summed E-state index contributed by atoms with van der Waals surface area (Å²) in [5.41, 5.74) is 1.29. The van der Waals surface area contributed by atoms with Crippen LogP contribution in [-0.2, 0) is 14.2 Å². The van der Waals surface area contributed by atoms with Gasteiger partial charge < -0.3 is 18.8 Å². The Balaban J connectivity index is 1.55. The van der Waals surface area contributed by atoms with Gasteiger partial charge in [-0.25, -0.2) is 19.6 Å². The predicted molar refractivity (Wildman–Crippen MR) is 141 cm³/mol. The zero-order valence-corrected chi connectivity index (χ0v) is 22.0. The van der Waals surface area contributed by atoms with Crippen LogP contribution in [0.15, 0.2) is 73.2 Å². The van der Waals surface area contributed by atoms with Crippen molar-refractivity contribution in [1.82, 2.24) is 14.5 Å². The van der Waals surface area contributed by atoms with E-state index in [1.807, 2.05) is 25.3 Å². The van der Waals surface area contributed by atoms with Crippen molar-refractivity contribution < 1.29 is 23.8 Å². The van der Waals surface area contributed by atoms with Crippen LogP contribution in [-0.4, -0.2) is 44.8 Å². The van der Waals surface area contributed by atoms with Crippen molar-refractivity contribution in [3.63, 3.8) is 0 Å². The molecule has 184 valence electrons. The first kappa shape index (κ1) is 24.7. The highest BCUT2D eigenvalue weighted by atomic mass is 127. The number of carbonyl (C=O) groups is 2. The van der Waals surface area contributed by atoms with E-state index in [1.54, 1.807) is 53.1 Å². The topological polar surface area (TPSA) is 92.5 Å². The molecule has 0 spiro atoms. The van der Waals surface area contributed by atoms with Gasteiger partial charge in [0.2, 0.25) is 0 Å². The number of fused-ring (bicyclic) bond motifs is 1. The minimum atomic E-state index is -0.949. The summed E-state index contributed by atoms with van der Waals surface area (Å²) in [5, 5.41) is 0.965. The molecule has 0 amide bonds. The fraction of sp³-hybridized carbons (Fsp3) is 0.231. The van der Waals surface area contributed by atoms with Crippen molar-refractivity contribution in [1.29, 1.82) is 0 Å². The molecule has 4 aromatic rings. The number of carbonyl (C=O) groups excluding carboxylic acids is 2. The molecule has 1 fully saturated rings. The van der Waals surface area contributed by atoms with Crippen LogP contribution in [0.3, 0.4) is 0 Å². The van der Waals surface area contributed by atoms with Crippen LogP contribution in [0.4, 0.5) is 0 Å². The van der Waals surface area contributed by atoms with Gasteiger partial charge in [-0.2, -0.15) is 0 Å². The standard InChI is InChI=1S/C26H21ClIN3O5/c1-2-18-20(35-25(32)15-9-5-3-6-10-15)21(36-26(33)16-11-7-4-8-12-16)24(34-18)31-13-17(28)19-22(27)29-14-30-23(19)31/h3-14,18,20-21,24H,2H2,1H3/t18-,20+,21?,24-/m1/s1. The first-order chi connectivity index (χ1) is 17.5. The number of nitrogens with zero attached hydrogens (tertiary/aromatic N) is 3. The normalized spacial score (nSPS) is 21.4. The average Bonchev–Trinajstić information content (AvgIpc) is 3.42. The lowest BCUT2D eigenvalue weighted by atomic mass is 10.1. The number of rotatable bonds is 6. The quantitative estimate of drug-likeness (QED) is 0.161. The third-order valence-corrected chi connectivity index (χ3v) is 7.09. The highest BCUT2D eigenvalue weighted by Gasteiger charge is 2.50. The molecule has 5 rings (SSSR count). The highest BCUT2D eigenvalue weighted by molar-refractivity contribution is 14.1. The number of benzene rings is 2. The monoisotopic (exact) mass is 617 g/mol. The van der Waals surface area contributed by atoms with Crippen molar-refractivity contribution in [3.8, 4) is 0 Å². The van der Waals surface area contributed by atoms with Gasteiger partial charge in [0.1, 0.15) is 23.2 Å². The van der Waals surface area contributed by atoms with E-state index in [1.165, 1.54) is 6.33 Å². The smallest absolute Gasteiger partial charge is 0.338 e. The Morgan fingerprint density at radius 1 is 0.972 bits per heavy atom. The third kappa shape index (κ3) is 4.70. The second-order valence-electron chi connectivity index (χ2n) is 8.19. The predicted octanol–water partition coefficient (Wildman–Crippen LogP) is 5.45. The maximum absolute atomic E-state index is 13.1. The highest BCUT2D eigenvalue weighted by Crippen LogP contribution is 2.39. The van der Waals surface area contributed by atoms with E-state index >= 15 is 0 Å². The Morgan fingerprint density at radius 3 is 2.14 bits per heavy atom. The van der Waals surface area contributed by atoms with Gasteiger partial charge in [-0.3, -0.25) is 0 Å². The summed E-state index contributed by atoms with van der Waals surface area (Å²) >= 11 is 8.49. The molecule has 0 saturated carbocycles. The second kappa shape index (κ2) is 10.5. The number of hydrogen-bond acceptors (Lipinski definition) is 7. The van der Waals surface area contributed by atoms with E-state index in [0.29, 0.717) is 33.7 Å². The molecule has 1 aliphatic rings. The molecule has 4 atom stereocenters. The molecule has 0 aliphatic carbocycles. The van der Waals surface area contributed by atoms with Gasteiger partial charge in [-0.05, 0) is 53.3 Å². The number of aromatic nitrogens is 3. The van der Waals surface area contributed by atoms with E-state index in [9.17, 15) is 9.59 Å². The zero-order chi connectivity index (χ0) is 25.2. The zero-order valence-electron chi connectivity index (χ0n) is 19.1. The molecule has 2 aromatic heterocycles. The van der Waals surface area contributed by atoms with E-state index in [4.69, 9.17) is 25.8 Å². The Kier molecular flexibility index (Phi) is 7.22. The average molecular weight is 618 g/mol. The van der Waals surface area contributed by atoms with Crippen molar-refractivity contribution in [2.24, 2.45) is 0 Å². The molecule has 1 saturated heterocycles. The van der Waals surface area contributed by atoms with Gasteiger partial charge in [0.15, 0.2) is 18.4 Å².